The van der Waals surface area contributed by atoms with Crippen LogP contribution in [0.3, 0.4) is 0 Å². The largest absolute Gasteiger partial charge is 0.477 e. The van der Waals surface area contributed by atoms with Crippen LogP contribution in [0, 0.1) is 0 Å². The zero-order chi connectivity index (χ0) is 11.1. The maximum absolute atomic E-state index is 5.25. The maximum Gasteiger partial charge on any atom is 0.234 e. The fourth-order valence-electron chi connectivity index (χ4n) is 1.06. The van der Waals surface area contributed by atoms with E-state index in [9.17, 15) is 0 Å². The van der Waals surface area contributed by atoms with Gasteiger partial charge in [0.25, 0.3) is 0 Å². The van der Waals surface area contributed by atoms with Gasteiger partial charge in [-0.2, -0.15) is 4.98 Å². The quantitative estimate of drug-likeness (QED) is 0.754. The number of anilines is 1. The van der Waals surface area contributed by atoms with Gasteiger partial charge in [0.05, 0.1) is 19.0 Å². The van der Waals surface area contributed by atoms with Crippen LogP contribution in [0.4, 0.5) is 5.82 Å². The number of likely N-dealkylation sites (N-methyl/N-ethyl adjacent to an activating group) is 1. The van der Waals surface area contributed by atoms with E-state index in [1.165, 1.54) is 0 Å². The Morgan fingerprint density at radius 1 is 1.40 bits per heavy atom. The lowest BCUT2D eigenvalue weighted by Crippen LogP contribution is -2.21. The molecule has 0 aromatic carbocycles. The van der Waals surface area contributed by atoms with E-state index in [0.29, 0.717) is 12.5 Å². The molecule has 0 saturated heterocycles. The molecule has 0 fully saturated rings. The van der Waals surface area contributed by atoms with Gasteiger partial charge in [-0.3, -0.25) is 4.98 Å². The van der Waals surface area contributed by atoms with Crippen molar-refractivity contribution in [1.29, 1.82) is 0 Å². The van der Waals surface area contributed by atoms with Gasteiger partial charge in [-0.25, -0.2) is 0 Å². The Labute approximate surface area is 90.5 Å². The Hall–Kier alpha value is -1.36. The third-order valence-electron chi connectivity index (χ3n) is 1.77. The summed E-state index contributed by atoms with van der Waals surface area (Å²) in [6.07, 6.45) is 3.30. The van der Waals surface area contributed by atoms with Crippen LogP contribution in [-0.4, -0.2) is 48.7 Å². The molecule has 0 aliphatic carbocycles. The van der Waals surface area contributed by atoms with Crippen LogP contribution >= 0.6 is 0 Å². The molecule has 1 rings (SSSR count). The molecule has 15 heavy (non-hydrogen) atoms. The van der Waals surface area contributed by atoms with Crippen LogP contribution in [0.1, 0.15) is 6.92 Å². The predicted octanol–water partition coefficient (Wildman–Crippen LogP) is 0.849. The first kappa shape index (κ1) is 11.7. The van der Waals surface area contributed by atoms with Crippen molar-refractivity contribution in [3.63, 3.8) is 0 Å². The van der Waals surface area contributed by atoms with Crippen molar-refractivity contribution in [3.05, 3.63) is 12.4 Å². The van der Waals surface area contributed by atoms with Crippen LogP contribution in [0.5, 0.6) is 5.88 Å². The van der Waals surface area contributed by atoms with Gasteiger partial charge in [-0.1, -0.05) is 0 Å². The van der Waals surface area contributed by atoms with Gasteiger partial charge >= 0.3 is 0 Å². The summed E-state index contributed by atoms with van der Waals surface area (Å²) in [7, 11) is 4.06. The Morgan fingerprint density at radius 2 is 2.20 bits per heavy atom. The number of hydrogen-bond acceptors (Lipinski definition) is 5. The van der Waals surface area contributed by atoms with Gasteiger partial charge < -0.3 is 15.0 Å². The molecule has 0 aliphatic heterocycles. The Balaban J connectivity index is 2.43. The van der Waals surface area contributed by atoms with Gasteiger partial charge in [-0.05, 0) is 21.0 Å². The topological polar surface area (TPSA) is 50.3 Å². The molecule has 84 valence electrons. The monoisotopic (exact) mass is 210 g/mol. The number of rotatable bonds is 6. The third kappa shape index (κ3) is 4.60. The number of hydrogen-bond donors (Lipinski definition) is 1. The highest BCUT2D eigenvalue weighted by Crippen LogP contribution is 2.08. The predicted molar refractivity (Wildman–Crippen MR) is 60.2 cm³/mol. The highest BCUT2D eigenvalue weighted by atomic mass is 16.5. The van der Waals surface area contributed by atoms with Crippen molar-refractivity contribution in [2.24, 2.45) is 0 Å². The van der Waals surface area contributed by atoms with Crippen LogP contribution in [0.25, 0.3) is 0 Å². The molecule has 0 saturated carbocycles. The van der Waals surface area contributed by atoms with Gasteiger partial charge in [0.1, 0.15) is 5.82 Å². The maximum atomic E-state index is 5.25. The van der Waals surface area contributed by atoms with E-state index < -0.39 is 0 Å². The second kappa shape index (κ2) is 6.19. The highest BCUT2D eigenvalue weighted by Gasteiger charge is 1.98. The fourth-order valence-corrected chi connectivity index (χ4v) is 1.06. The van der Waals surface area contributed by atoms with Crippen LogP contribution in [0.15, 0.2) is 12.4 Å². The summed E-state index contributed by atoms with van der Waals surface area (Å²) in [6, 6.07) is 0. The lowest BCUT2D eigenvalue weighted by Gasteiger charge is -2.10. The average Bonchev–Trinajstić information content (AvgIpc) is 2.18. The normalized spacial score (nSPS) is 10.4. The average molecular weight is 210 g/mol. The lowest BCUT2D eigenvalue weighted by molar-refractivity contribution is 0.325. The zero-order valence-electron chi connectivity index (χ0n) is 9.53. The van der Waals surface area contributed by atoms with Crippen LogP contribution < -0.4 is 10.1 Å². The van der Waals surface area contributed by atoms with Crippen molar-refractivity contribution >= 4 is 5.82 Å². The standard InChI is InChI=1S/C10H18N4O/c1-4-15-10-8-11-7-9(13-10)12-5-6-14(2)3/h7-8H,4-6H2,1-3H3,(H,12,13). The van der Waals surface area contributed by atoms with Crippen molar-refractivity contribution in [3.8, 4) is 5.88 Å². The van der Waals surface area contributed by atoms with E-state index in [1.54, 1.807) is 12.4 Å². The highest BCUT2D eigenvalue weighted by molar-refractivity contribution is 5.33. The smallest absolute Gasteiger partial charge is 0.234 e. The van der Waals surface area contributed by atoms with E-state index in [2.05, 4.69) is 20.2 Å². The minimum Gasteiger partial charge on any atom is -0.477 e. The number of nitrogens with zero attached hydrogens (tertiary/aromatic N) is 3. The number of aromatic nitrogens is 2. The summed E-state index contributed by atoms with van der Waals surface area (Å²) in [5.74, 6) is 1.31. The lowest BCUT2D eigenvalue weighted by atomic mass is 10.5. The molecular weight excluding hydrogens is 192 g/mol. The molecule has 5 nitrogen and oxygen atoms in total. The molecule has 1 N–H and O–H groups in total. The van der Waals surface area contributed by atoms with Crippen molar-refractivity contribution < 1.29 is 4.74 Å². The molecule has 5 heteroatoms. The summed E-state index contributed by atoms with van der Waals surface area (Å²) in [5, 5.41) is 3.18. The molecular formula is C10H18N4O. The molecule has 0 radical (unpaired) electrons. The second-order valence-corrected chi connectivity index (χ2v) is 3.41. The summed E-state index contributed by atoms with van der Waals surface area (Å²) in [5.41, 5.74) is 0. The van der Waals surface area contributed by atoms with Crippen molar-refractivity contribution in [1.82, 2.24) is 14.9 Å². The molecule has 1 aromatic rings. The summed E-state index contributed by atoms with van der Waals surface area (Å²) >= 11 is 0. The summed E-state index contributed by atoms with van der Waals surface area (Å²) in [6.45, 7) is 4.33. The first-order valence-corrected chi connectivity index (χ1v) is 5.06. The second-order valence-electron chi connectivity index (χ2n) is 3.41. The SMILES string of the molecule is CCOc1cncc(NCCN(C)C)n1. The molecule has 1 aromatic heterocycles. The first-order valence-electron chi connectivity index (χ1n) is 5.06. The van der Waals surface area contributed by atoms with E-state index in [-0.39, 0.29) is 0 Å². The molecule has 0 amide bonds. The Bertz CT molecular complexity index is 291. The van der Waals surface area contributed by atoms with E-state index in [1.807, 2.05) is 21.0 Å². The third-order valence-corrected chi connectivity index (χ3v) is 1.77. The minimum atomic E-state index is 0.562. The number of nitrogens with one attached hydrogen (secondary N) is 1. The van der Waals surface area contributed by atoms with E-state index >= 15 is 0 Å². The van der Waals surface area contributed by atoms with Gasteiger partial charge in [-0.15, -0.1) is 0 Å². The molecule has 0 unspecified atom stereocenters. The Kier molecular flexibility index (Phi) is 4.83. The molecule has 0 aliphatic rings. The van der Waals surface area contributed by atoms with Gasteiger partial charge in [0, 0.05) is 13.1 Å². The molecule has 0 bridgehead atoms. The molecule has 0 spiro atoms. The molecule has 0 atom stereocenters. The van der Waals surface area contributed by atoms with E-state index in [0.717, 1.165) is 18.9 Å². The first-order chi connectivity index (χ1) is 7.22. The van der Waals surface area contributed by atoms with Crippen LogP contribution in [-0.2, 0) is 0 Å². The van der Waals surface area contributed by atoms with Crippen molar-refractivity contribution in [2.75, 3.05) is 39.1 Å². The fraction of sp³-hybridized carbons (Fsp3) is 0.600. The van der Waals surface area contributed by atoms with Gasteiger partial charge in [0.2, 0.25) is 5.88 Å². The van der Waals surface area contributed by atoms with Gasteiger partial charge in [0.15, 0.2) is 0 Å². The van der Waals surface area contributed by atoms with Crippen LogP contribution in [0.2, 0.25) is 0 Å². The number of ether oxygens (including phenoxy) is 1. The minimum absolute atomic E-state index is 0.562. The molecule has 1 heterocycles. The summed E-state index contributed by atoms with van der Waals surface area (Å²) < 4.78 is 5.25. The summed E-state index contributed by atoms with van der Waals surface area (Å²) in [4.78, 5) is 10.4. The Morgan fingerprint density at radius 3 is 2.87 bits per heavy atom. The van der Waals surface area contributed by atoms with Crippen molar-refractivity contribution in [2.45, 2.75) is 6.92 Å². The zero-order valence-corrected chi connectivity index (χ0v) is 9.53. The van der Waals surface area contributed by atoms with E-state index in [4.69, 9.17) is 4.74 Å².